The van der Waals surface area contributed by atoms with Crippen LogP contribution >= 0.6 is 0 Å². The quantitative estimate of drug-likeness (QED) is 0.526. The highest BCUT2D eigenvalue weighted by atomic mass is 16.1. The van der Waals surface area contributed by atoms with Crippen LogP contribution in [-0.4, -0.2) is 5.78 Å². The first-order valence-corrected chi connectivity index (χ1v) is 11.9. The Balaban J connectivity index is 1.52. The molecule has 0 aromatic carbocycles. The number of ketones is 1. The lowest BCUT2D eigenvalue weighted by atomic mass is 9.44. The molecule has 0 unspecified atom stereocenters. The molecule has 0 aromatic heterocycles. The summed E-state index contributed by atoms with van der Waals surface area (Å²) in [5, 5.41) is 0. The SMILES string of the molecule is CC(=O)CC[C@@H](C)[C@H]1CC[C@H]2[C@@H]3CC[C@@H]4CCCC[C@]4(C)[C@H]3CC[C@]12C. The molecule has 4 aliphatic carbocycles. The van der Waals surface area contributed by atoms with E-state index in [0.29, 0.717) is 16.6 Å². The number of rotatable bonds is 4. The van der Waals surface area contributed by atoms with Crippen molar-refractivity contribution in [3.8, 4) is 0 Å². The molecule has 1 heteroatoms. The normalized spacial score (nSPS) is 49.0. The van der Waals surface area contributed by atoms with Gasteiger partial charge in [-0.05, 0) is 111 Å². The van der Waals surface area contributed by atoms with Crippen molar-refractivity contribution in [2.24, 2.45) is 46.3 Å². The molecule has 0 aliphatic heterocycles. The highest BCUT2D eigenvalue weighted by Gasteiger charge is 2.59. The molecule has 0 radical (unpaired) electrons. The van der Waals surface area contributed by atoms with E-state index in [9.17, 15) is 4.79 Å². The monoisotopic (exact) mass is 358 g/mol. The molecule has 0 spiro atoms. The van der Waals surface area contributed by atoms with Gasteiger partial charge in [-0.2, -0.15) is 0 Å². The van der Waals surface area contributed by atoms with Crippen LogP contribution in [0.15, 0.2) is 0 Å². The Morgan fingerprint density at radius 3 is 2.46 bits per heavy atom. The minimum Gasteiger partial charge on any atom is -0.300 e. The van der Waals surface area contributed by atoms with Crippen LogP contribution < -0.4 is 0 Å². The highest BCUT2D eigenvalue weighted by molar-refractivity contribution is 5.75. The molecule has 0 bridgehead atoms. The molecule has 0 heterocycles. The van der Waals surface area contributed by atoms with Gasteiger partial charge >= 0.3 is 0 Å². The van der Waals surface area contributed by atoms with Crippen LogP contribution in [0.4, 0.5) is 0 Å². The highest BCUT2D eigenvalue weighted by Crippen LogP contribution is 2.68. The predicted octanol–water partition coefficient (Wildman–Crippen LogP) is 7.04. The Bertz CT molecular complexity index is 538. The van der Waals surface area contributed by atoms with Crippen LogP contribution in [0.2, 0.25) is 0 Å². The van der Waals surface area contributed by atoms with Gasteiger partial charge in [-0.1, -0.05) is 33.6 Å². The zero-order valence-electron chi connectivity index (χ0n) is 17.9. The van der Waals surface area contributed by atoms with E-state index >= 15 is 0 Å². The summed E-state index contributed by atoms with van der Waals surface area (Å²) in [4.78, 5) is 11.5. The average Bonchev–Trinajstić information content (AvgIpc) is 2.96. The summed E-state index contributed by atoms with van der Waals surface area (Å²) in [5.41, 5.74) is 1.23. The van der Waals surface area contributed by atoms with Crippen molar-refractivity contribution in [3.63, 3.8) is 0 Å². The summed E-state index contributed by atoms with van der Waals surface area (Å²) < 4.78 is 0. The summed E-state index contributed by atoms with van der Waals surface area (Å²) >= 11 is 0. The summed E-state index contributed by atoms with van der Waals surface area (Å²) in [5.74, 6) is 6.02. The van der Waals surface area contributed by atoms with Crippen LogP contribution in [0.25, 0.3) is 0 Å². The van der Waals surface area contributed by atoms with E-state index in [1.807, 2.05) is 0 Å². The minimum absolute atomic E-state index is 0.379. The van der Waals surface area contributed by atoms with Gasteiger partial charge in [-0.15, -0.1) is 0 Å². The van der Waals surface area contributed by atoms with Gasteiger partial charge in [0.2, 0.25) is 0 Å². The zero-order valence-corrected chi connectivity index (χ0v) is 17.9. The van der Waals surface area contributed by atoms with Crippen LogP contribution in [0.3, 0.4) is 0 Å². The number of carbonyl (C=O) groups excluding carboxylic acids is 1. The summed E-state index contributed by atoms with van der Waals surface area (Å²) in [6, 6.07) is 0. The van der Waals surface area contributed by atoms with E-state index < -0.39 is 0 Å². The molecule has 0 N–H and O–H groups in total. The third-order valence-electron chi connectivity index (χ3n) is 10.3. The molecule has 148 valence electrons. The van der Waals surface area contributed by atoms with Gasteiger partial charge in [0.25, 0.3) is 0 Å². The Hall–Kier alpha value is -0.330. The fourth-order valence-electron chi connectivity index (χ4n) is 8.90. The topological polar surface area (TPSA) is 17.1 Å². The Kier molecular flexibility index (Phi) is 5.06. The van der Waals surface area contributed by atoms with Crippen molar-refractivity contribution in [1.29, 1.82) is 0 Å². The molecule has 4 fully saturated rings. The van der Waals surface area contributed by atoms with Crippen molar-refractivity contribution in [1.82, 2.24) is 0 Å². The Labute approximate surface area is 162 Å². The molecule has 4 saturated carbocycles. The molecule has 1 nitrogen and oxygen atoms in total. The van der Waals surface area contributed by atoms with Gasteiger partial charge in [0, 0.05) is 6.42 Å². The van der Waals surface area contributed by atoms with Crippen molar-refractivity contribution in [2.45, 2.75) is 105 Å². The lowest BCUT2D eigenvalue weighted by Gasteiger charge is -2.61. The zero-order chi connectivity index (χ0) is 18.5. The number of Topliss-reactive ketones (excluding diaryl/α,β-unsaturated/α-hetero) is 1. The van der Waals surface area contributed by atoms with Crippen LogP contribution in [0, 0.1) is 46.3 Å². The lowest BCUT2D eigenvalue weighted by Crippen LogP contribution is -2.53. The molecule has 0 amide bonds. The van der Waals surface area contributed by atoms with Crippen LogP contribution in [-0.2, 0) is 4.79 Å². The number of fused-ring (bicyclic) bond motifs is 5. The third kappa shape index (κ3) is 2.91. The van der Waals surface area contributed by atoms with Crippen molar-refractivity contribution in [3.05, 3.63) is 0 Å². The average molecular weight is 359 g/mol. The standard InChI is InChI=1S/C25H42O/c1-17(8-9-18(2)26)21-12-13-22-20-11-10-19-7-5-6-15-24(19,3)23(20)14-16-25(21,22)4/h17,19-23H,5-16H2,1-4H3/t17-,19+,20+,21-,22+,23+,24+,25-/m1/s1. The summed E-state index contributed by atoms with van der Waals surface area (Å²) in [6.07, 6.45) is 16.9. The Morgan fingerprint density at radius 1 is 0.923 bits per heavy atom. The van der Waals surface area contributed by atoms with Gasteiger partial charge in [-0.25, -0.2) is 0 Å². The first kappa shape index (κ1) is 19.0. The second-order valence-electron chi connectivity index (χ2n) is 11.3. The van der Waals surface area contributed by atoms with E-state index in [1.54, 1.807) is 6.92 Å². The number of carbonyl (C=O) groups is 1. The van der Waals surface area contributed by atoms with Crippen molar-refractivity contribution >= 4 is 5.78 Å². The van der Waals surface area contributed by atoms with E-state index in [-0.39, 0.29) is 0 Å². The summed E-state index contributed by atoms with van der Waals surface area (Å²) in [6.45, 7) is 9.57. The second kappa shape index (κ2) is 6.93. The van der Waals surface area contributed by atoms with Gasteiger partial charge in [0.15, 0.2) is 0 Å². The fourth-order valence-corrected chi connectivity index (χ4v) is 8.90. The van der Waals surface area contributed by atoms with Crippen LogP contribution in [0.1, 0.15) is 105 Å². The third-order valence-corrected chi connectivity index (χ3v) is 10.3. The predicted molar refractivity (Wildman–Crippen MR) is 109 cm³/mol. The van der Waals surface area contributed by atoms with Crippen LogP contribution in [0.5, 0.6) is 0 Å². The van der Waals surface area contributed by atoms with E-state index in [0.717, 1.165) is 48.3 Å². The molecular weight excluding hydrogens is 316 g/mol. The minimum atomic E-state index is 0.379. The summed E-state index contributed by atoms with van der Waals surface area (Å²) in [7, 11) is 0. The Morgan fingerprint density at radius 2 is 1.69 bits per heavy atom. The van der Waals surface area contributed by atoms with Crippen molar-refractivity contribution < 1.29 is 4.79 Å². The largest absolute Gasteiger partial charge is 0.300 e. The van der Waals surface area contributed by atoms with Gasteiger partial charge in [-0.3, -0.25) is 0 Å². The molecule has 26 heavy (non-hydrogen) atoms. The fraction of sp³-hybridized carbons (Fsp3) is 0.960. The second-order valence-corrected chi connectivity index (χ2v) is 11.3. The molecule has 0 saturated heterocycles. The molecule has 8 atom stereocenters. The molecule has 4 aliphatic rings. The van der Waals surface area contributed by atoms with Gasteiger partial charge in [0.05, 0.1) is 0 Å². The first-order chi connectivity index (χ1) is 12.4. The maximum Gasteiger partial charge on any atom is 0.129 e. The lowest BCUT2D eigenvalue weighted by molar-refractivity contribution is -0.119. The molecule has 4 rings (SSSR count). The maximum absolute atomic E-state index is 11.5. The maximum atomic E-state index is 11.5. The first-order valence-electron chi connectivity index (χ1n) is 11.9. The number of hydrogen-bond donors (Lipinski definition) is 0. The van der Waals surface area contributed by atoms with E-state index in [4.69, 9.17) is 0 Å². The molecular formula is C25H42O. The van der Waals surface area contributed by atoms with Crippen molar-refractivity contribution in [2.75, 3.05) is 0 Å². The molecule has 0 aromatic rings. The number of hydrogen-bond acceptors (Lipinski definition) is 1. The van der Waals surface area contributed by atoms with Gasteiger partial charge < -0.3 is 4.79 Å². The smallest absolute Gasteiger partial charge is 0.129 e. The van der Waals surface area contributed by atoms with Gasteiger partial charge in [0.1, 0.15) is 5.78 Å². The van der Waals surface area contributed by atoms with E-state index in [2.05, 4.69) is 20.8 Å². The van der Waals surface area contributed by atoms with E-state index in [1.165, 1.54) is 64.2 Å².